The van der Waals surface area contributed by atoms with Crippen molar-refractivity contribution < 1.29 is 14.9 Å². The molecule has 3 atom stereocenters. The van der Waals surface area contributed by atoms with Gasteiger partial charge in [0.05, 0.1) is 18.1 Å². The summed E-state index contributed by atoms with van der Waals surface area (Å²) in [6, 6.07) is 6.37. The van der Waals surface area contributed by atoms with Crippen LogP contribution in [0.25, 0.3) is 32.6 Å². The zero-order valence-electron chi connectivity index (χ0n) is 19.4. The average Bonchev–Trinajstić information content (AvgIpc) is 3.64. The molecule has 1 fully saturated rings. The number of hydrogen-bond acceptors (Lipinski definition) is 8. The molecule has 0 radical (unpaired) electrons. The molecule has 1 saturated heterocycles. The number of hydrogen-bond donors (Lipinski definition) is 3. The molecule has 0 bridgehead atoms. The standard InChI is InChI=1S/C26H27N5O3S/c1-14-18(9-22(35-14)15-5-7-28-8-6-15)16-3-2-4-17(16)19-11-31(23-10-20(33)21(12-32)34-23)26-24(19)25(27)29-13-30-26/h5-9,11,13,20-21,23,32-33H,2-4,10,12H2,1H3,(H2,27,29,30)/t20-,21+,23+/m0/s1. The summed E-state index contributed by atoms with van der Waals surface area (Å²) in [5.41, 5.74) is 13.1. The van der Waals surface area contributed by atoms with Gasteiger partial charge >= 0.3 is 0 Å². The molecule has 4 aromatic rings. The summed E-state index contributed by atoms with van der Waals surface area (Å²) in [5, 5.41) is 20.7. The van der Waals surface area contributed by atoms with E-state index < -0.39 is 18.4 Å². The van der Waals surface area contributed by atoms with Crippen LogP contribution in [0.1, 0.15) is 47.9 Å². The second-order valence-electron chi connectivity index (χ2n) is 9.15. The Kier molecular flexibility index (Phi) is 5.64. The van der Waals surface area contributed by atoms with Crippen molar-refractivity contribution in [3.63, 3.8) is 0 Å². The molecular formula is C26H27N5O3S. The number of nitrogens with two attached hydrogens (primary N) is 1. The van der Waals surface area contributed by atoms with Crippen LogP contribution in [0.15, 0.2) is 43.1 Å². The number of allylic oxidation sites excluding steroid dienone is 2. The largest absolute Gasteiger partial charge is 0.394 e. The molecule has 0 saturated carbocycles. The first-order valence-electron chi connectivity index (χ1n) is 11.8. The maximum absolute atomic E-state index is 10.3. The third kappa shape index (κ3) is 3.75. The fraction of sp³-hybridized carbons (Fsp3) is 0.346. The molecule has 6 rings (SSSR count). The van der Waals surface area contributed by atoms with Gasteiger partial charge in [0, 0.05) is 40.3 Å². The molecule has 0 spiro atoms. The van der Waals surface area contributed by atoms with Crippen LogP contribution in [-0.4, -0.2) is 48.5 Å². The zero-order valence-corrected chi connectivity index (χ0v) is 20.2. The van der Waals surface area contributed by atoms with Crippen LogP contribution in [0.3, 0.4) is 0 Å². The highest BCUT2D eigenvalue weighted by atomic mass is 32.1. The number of nitrogen functional groups attached to an aromatic ring is 1. The zero-order chi connectivity index (χ0) is 24.1. The predicted molar refractivity (Wildman–Crippen MR) is 137 cm³/mol. The molecule has 5 heterocycles. The molecular weight excluding hydrogens is 462 g/mol. The topological polar surface area (TPSA) is 119 Å². The van der Waals surface area contributed by atoms with Gasteiger partial charge < -0.3 is 25.3 Å². The Hall–Kier alpha value is -3.11. The van der Waals surface area contributed by atoms with Crippen LogP contribution in [-0.2, 0) is 4.74 Å². The number of aromatic nitrogens is 4. The summed E-state index contributed by atoms with van der Waals surface area (Å²) in [4.78, 5) is 15.5. The smallest absolute Gasteiger partial charge is 0.148 e. The maximum Gasteiger partial charge on any atom is 0.148 e. The molecule has 2 aliphatic rings. The van der Waals surface area contributed by atoms with E-state index in [0.29, 0.717) is 17.9 Å². The van der Waals surface area contributed by atoms with Crippen molar-refractivity contribution in [2.45, 2.75) is 51.0 Å². The fourth-order valence-corrected chi connectivity index (χ4v) is 6.44. The Morgan fingerprint density at radius 2 is 1.94 bits per heavy atom. The van der Waals surface area contributed by atoms with Crippen molar-refractivity contribution >= 4 is 39.3 Å². The number of ether oxygens (including phenoxy) is 1. The van der Waals surface area contributed by atoms with Crippen LogP contribution >= 0.6 is 11.3 Å². The number of pyridine rings is 1. The monoisotopic (exact) mass is 489 g/mol. The van der Waals surface area contributed by atoms with E-state index in [2.05, 4.69) is 27.9 Å². The van der Waals surface area contributed by atoms with Gasteiger partial charge in [-0.15, -0.1) is 11.3 Å². The molecule has 4 N–H and O–H groups in total. The lowest BCUT2D eigenvalue weighted by Crippen LogP contribution is -2.24. The maximum atomic E-state index is 10.3. The van der Waals surface area contributed by atoms with Crippen molar-refractivity contribution in [3.8, 4) is 10.4 Å². The van der Waals surface area contributed by atoms with Crippen molar-refractivity contribution in [1.29, 1.82) is 0 Å². The second-order valence-corrected chi connectivity index (χ2v) is 10.4. The third-order valence-electron chi connectivity index (χ3n) is 7.08. The highest BCUT2D eigenvalue weighted by Crippen LogP contribution is 2.47. The predicted octanol–water partition coefficient (Wildman–Crippen LogP) is 4.18. The Balaban J connectivity index is 1.49. The lowest BCUT2D eigenvalue weighted by molar-refractivity contribution is -0.0430. The summed E-state index contributed by atoms with van der Waals surface area (Å²) in [6.07, 6.45) is 8.76. The molecule has 0 unspecified atom stereocenters. The Bertz CT molecular complexity index is 1430. The first-order valence-corrected chi connectivity index (χ1v) is 12.7. The van der Waals surface area contributed by atoms with E-state index in [4.69, 9.17) is 10.5 Å². The minimum Gasteiger partial charge on any atom is -0.394 e. The highest BCUT2D eigenvalue weighted by Gasteiger charge is 2.36. The van der Waals surface area contributed by atoms with E-state index >= 15 is 0 Å². The van der Waals surface area contributed by atoms with E-state index in [-0.39, 0.29) is 6.61 Å². The molecule has 9 heteroatoms. The summed E-state index contributed by atoms with van der Waals surface area (Å²) in [5.74, 6) is 0.430. The van der Waals surface area contributed by atoms with Gasteiger partial charge in [-0.2, -0.15) is 0 Å². The summed E-state index contributed by atoms with van der Waals surface area (Å²) >= 11 is 1.80. The van der Waals surface area contributed by atoms with Crippen LogP contribution in [0, 0.1) is 6.92 Å². The number of nitrogens with zero attached hydrogens (tertiary/aromatic N) is 4. The Morgan fingerprint density at radius 3 is 2.69 bits per heavy atom. The van der Waals surface area contributed by atoms with Gasteiger partial charge in [0.1, 0.15) is 30.1 Å². The van der Waals surface area contributed by atoms with Crippen LogP contribution in [0.4, 0.5) is 5.82 Å². The van der Waals surface area contributed by atoms with Gasteiger partial charge in [-0.3, -0.25) is 4.98 Å². The van der Waals surface area contributed by atoms with Crippen molar-refractivity contribution in [3.05, 3.63) is 59.1 Å². The van der Waals surface area contributed by atoms with E-state index in [1.807, 2.05) is 35.3 Å². The molecule has 1 aliphatic carbocycles. The summed E-state index contributed by atoms with van der Waals surface area (Å²) in [6.45, 7) is 1.95. The summed E-state index contributed by atoms with van der Waals surface area (Å²) < 4.78 is 7.90. The van der Waals surface area contributed by atoms with Gasteiger partial charge in [-0.05, 0) is 66.7 Å². The summed E-state index contributed by atoms with van der Waals surface area (Å²) in [7, 11) is 0. The van der Waals surface area contributed by atoms with E-state index in [1.165, 1.54) is 38.4 Å². The second kappa shape index (κ2) is 8.83. The van der Waals surface area contributed by atoms with Gasteiger partial charge in [0.2, 0.25) is 0 Å². The van der Waals surface area contributed by atoms with E-state index in [9.17, 15) is 10.2 Å². The highest BCUT2D eigenvalue weighted by molar-refractivity contribution is 7.15. The number of fused-ring (bicyclic) bond motifs is 1. The van der Waals surface area contributed by atoms with Gasteiger partial charge in [0.15, 0.2) is 0 Å². The number of thiophene rings is 1. The third-order valence-corrected chi connectivity index (χ3v) is 8.18. The Labute approximate surface area is 206 Å². The Morgan fingerprint density at radius 1 is 1.17 bits per heavy atom. The minimum atomic E-state index is -0.730. The number of aliphatic hydroxyl groups is 2. The fourth-order valence-electron chi connectivity index (χ4n) is 5.39. The number of aryl methyl sites for hydroxylation is 1. The minimum absolute atomic E-state index is 0.229. The molecule has 8 nitrogen and oxygen atoms in total. The molecule has 35 heavy (non-hydrogen) atoms. The lowest BCUT2D eigenvalue weighted by atomic mass is 9.97. The van der Waals surface area contributed by atoms with Gasteiger partial charge in [-0.1, -0.05) is 0 Å². The first kappa shape index (κ1) is 22.4. The van der Waals surface area contributed by atoms with Crippen LogP contribution < -0.4 is 5.73 Å². The van der Waals surface area contributed by atoms with Crippen LogP contribution in [0.2, 0.25) is 0 Å². The van der Waals surface area contributed by atoms with Gasteiger partial charge in [0.25, 0.3) is 0 Å². The first-order chi connectivity index (χ1) is 17.0. The molecule has 0 aromatic carbocycles. The molecule has 1 aliphatic heterocycles. The van der Waals surface area contributed by atoms with Crippen molar-refractivity contribution in [2.75, 3.05) is 12.3 Å². The normalized spacial score (nSPS) is 22.5. The quantitative estimate of drug-likeness (QED) is 0.385. The lowest BCUT2D eigenvalue weighted by Gasteiger charge is -2.14. The SMILES string of the molecule is Cc1sc(-c2ccncc2)cc1C1=C(c2cn([C@H]3C[C@H](O)[C@@H](CO)O3)c3ncnc(N)c23)CCC1. The molecule has 180 valence electrons. The number of anilines is 1. The van der Waals surface area contributed by atoms with Crippen LogP contribution in [0.5, 0.6) is 0 Å². The number of aliphatic hydroxyl groups excluding tert-OH is 2. The number of rotatable bonds is 5. The van der Waals surface area contributed by atoms with E-state index in [1.54, 1.807) is 11.3 Å². The van der Waals surface area contributed by atoms with E-state index in [0.717, 1.165) is 30.2 Å². The average molecular weight is 490 g/mol. The van der Waals surface area contributed by atoms with Gasteiger partial charge in [-0.25, -0.2) is 9.97 Å². The van der Waals surface area contributed by atoms with Crippen molar-refractivity contribution in [1.82, 2.24) is 19.5 Å². The molecule has 0 amide bonds. The van der Waals surface area contributed by atoms with Crippen molar-refractivity contribution in [2.24, 2.45) is 0 Å². The molecule has 4 aromatic heterocycles.